The zero-order valence-corrected chi connectivity index (χ0v) is 16.2. The fourth-order valence-corrected chi connectivity index (χ4v) is 3.45. The van der Waals surface area contributed by atoms with Crippen molar-refractivity contribution in [2.45, 2.75) is 6.18 Å². The fraction of sp³-hybridized carbons (Fsp3) is 0.0435. The van der Waals surface area contributed by atoms with E-state index in [1.807, 2.05) is 0 Å². The Bertz CT molecular complexity index is 1420. The Morgan fingerprint density at radius 1 is 0.938 bits per heavy atom. The molecule has 0 aliphatic heterocycles. The first-order valence-corrected chi connectivity index (χ1v) is 9.22. The van der Waals surface area contributed by atoms with Gasteiger partial charge in [-0.25, -0.2) is 4.39 Å². The molecule has 3 N–H and O–H groups in total. The lowest BCUT2D eigenvalue weighted by Crippen LogP contribution is -2.19. The Labute approximate surface area is 178 Å². The van der Waals surface area contributed by atoms with Gasteiger partial charge in [0.05, 0.1) is 5.56 Å². The quantitative estimate of drug-likeness (QED) is 0.454. The number of fused-ring (bicyclic) bond motifs is 1. The van der Waals surface area contributed by atoms with Crippen molar-refractivity contribution in [3.05, 3.63) is 94.2 Å². The molecule has 0 unspecified atom stereocenters. The predicted octanol–water partition coefficient (Wildman–Crippen LogP) is 4.62. The Kier molecular flexibility index (Phi) is 4.96. The van der Waals surface area contributed by atoms with Gasteiger partial charge in [-0.15, -0.1) is 0 Å². The number of carbonyl (C=O) groups is 1. The number of halogens is 4. The number of aromatic nitrogens is 1. The van der Waals surface area contributed by atoms with Crippen LogP contribution in [-0.4, -0.2) is 15.6 Å². The summed E-state index contributed by atoms with van der Waals surface area (Å²) in [6.07, 6.45) is -3.52. The number of hydrogen-bond donors (Lipinski definition) is 2. The number of phenols is 1. The fourth-order valence-electron chi connectivity index (χ4n) is 3.45. The molecule has 0 radical (unpaired) electrons. The highest BCUT2D eigenvalue weighted by Gasteiger charge is 2.34. The van der Waals surface area contributed by atoms with Crippen molar-refractivity contribution in [3.63, 3.8) is 0 Å². The van der Waals surface area contributed by atoms with E-state index >= 15 is 0 Å². The molecular weight excluding hydrogens is 428 g/mol. The summed E-state index contributed by atoms with van der Waals surface area (Å²) in [6.45, 7) is 0. The van der Waals surface area contributed by atoms with Crippen LogP contribution in [0.2, 0.25) is 0 Å². The van der Waals surface area contributed by atoms with Gasteiger partial charge in [-0.1, -0.05) is 6.07 Å². The van der Waals surface area contributed by atoms with Crippen molar-refractivity contribution >= 4 is 16.7 Å². The van der Waals surface area contributed by atoms with Gasteiger partial charge in [0.15, 0.2) is 0 Å². The van der Waals surface area contributed by atoms with Gasteiger partial charge in [-0.05, 0) is 60.2 Å². The minimum absolute atomic E-state index is 0.0774. The van der Waals surface area contributed by atoms with Crippen LogP contribution in [0.4, 0.5) is 17.6 Å². The molecule has 4 aromatic rings. The largest absolute Gasteiger partial charge is 0.508 e. The van der Waals surface area contributed by atoms with Crippen LogP contribution in [0.15, 0.2) is 71.7 Å². The molecule has 0 atom stereocenters. The van der Waals surface area contributed by atoms with Crippen LogP contribution in [0, 0.1) is 5.82 Å². The molecule has 0 bridgehead atoms. The van der Waals surface area contributed by atoms with Gasteiger partial charge in [-0.3, -0.25) is 14.2 Å². The first-order valence-electron chi connectivity index (χ1n) is 9.22. The molecule has 4 rings (SSSR count). The summed E-state index contributed by atoms with van der Waals surface area (Å²) in [7, 11) is 0. The summed E-state index contributed by atoms with van der Waals surface area (Å²) in [4.78, 5) is 24.4. The number of hydrogen-bond acceptors (Lipinski definition) is 3. The maximum Gasteiger partial charge on any atom is 0.419 e. The van der Waals surface area contributed by atoms with E-state index in [0.717, 1.165) is 12.1 Å². The molecule has 3 aromatic carbocycles. The molecule has 0 spiro atoms. The van der Waals surface area contributed by atoms with E-state index in [4.69, 9.17) is 5.73 Å². The molecule has 0 fully saturated rings. The van der Waals surface area contributed by atoms with Gasteiger partial charge in [0.1, 0.15) is 11.6 Å². The van der Waals surface area contributed by atoms with Crippen molar-refractivity contribution in [2.24, 2.45) is 5.73 Å². The van der Waals surface area contributed by atoms with Crippen molar-refractivity contribution in [1.82, 2.24) is 4.57 Å². The molecule has 5 nitrogen and oxygen atoms in total. The Balaban J connectivity index is 1.99. The minimum atomic E-state index is -4.86. The minimum Gasteiger partial charge on any atom is -0.508 e. The molecule has 162 valence electrons. The van der Waals surface area contributed by atoms with Crippen molar-refractivity contribution in [3.8, 4) is 22.6 Å². The molecule has 0 saturated carbocycles. The maximum atomic E-state index is 14.3. The second kappa shape index (κ2) is 7.52. The first kappa shape index (κ1) is 21.1. The molecule has 0 aliphatic carbocycles. The third-order valence-corrected chi connectivity index (χ3v) is 5.02. The van der Waals surface area contributed by atoms with Crippen LogP contribution in [0.25, 0.3) is 27.6 Å². The second-order valence-electron chi connectivity index (χ2n) is 7.05. The van der Waals surface area contributed by atoms with Crippen LogP contribution in [0.5, 0.6) is 5.75 Å². The number of amides is 1. The Morgan fingerprint density at radius 2 is 1.62 bits per heavy atom. The second-order valence-corrected chi connectivity index (χ2v) is 7.05. The number of rotatable bonds is 3. The average Bonchev–Trinajstić information content (AvgIpc) is 2.73. The van der Waals surface area contributed by atoms with E-state index in [1.165, 1.54) is 53.2 Å². The van der Waals surface area contributed by atoms with E-state index in [0.29, 0.717) is 11.8 Å². The molecule has 1 heterocycles. The van der Waals surface area contributed by atoms with Crippen molar-refractivity contribution in [1.29, 1.82) is 0 Å². The predicted molar refractivity (Wildman–Crippen MR) is 110 cm³/mol. The lowest BCUT2D eigenvalue weighted by atomic mass is 9.98. The number of alkyl halides is 3. The van der Waals surface area contributed by atoms with E-state index in [2.05, 4.69) is 0 Å². The van der Waals surface area contributed by atoms with Gasteiger partial charge in [0.25, 0.3) is 5.56 Å². The summed E-state index contributed by atoms with van der Waals surface area (Å²) in [5.41, 5.74) is 4.21. The summed E-state index contributed by atoms with van der Waals surface area (Å²) >= 11 is 0. The average molecular weight is 442 g/mol. The van der Waals surface area contributed by atoms with Crippen molar-refractivity contribution < 1.29 is 27.5 Å². The highest BCUT2D eigenvalue weighted by Crippen LogP contribution is 2.35. The molecule has 32 heavy (non-hydrogen) atoms. The van der Waals surface area contributed by atoms with Crippen molar-refractivity contribution in [2.75, 3.05) is 0 Å². The first-order chi connectivity index (χ1) is 15.1. The lowest BCUT2D eigenvalue weighted by Gasteiger charge is -2.15. The van der Waals surface area contributed by atoms with Crippen LogP contribution in [-0.2, 0) is 6.18 Å². The van der Waals surface area contributed by atoms with Gasteiger partial charge in [-0.2, -0.15) is 13.2 Å². The number of pyridine rings is 1. The summed E-state index contributed by atoms with van der Waals surface area (Å²) in [5, 5.41) is 10.3. The highest BCUT2D eigenvalue weighted by atomic mass is 19.4. The smallest absolute Gasteiger partial charge is 0.419 e. The zero-order chi connectivity index (χ0) is 23.2. The molecule has 0 saturated heterocycles. The summed E-state index contributed by atoms with van der Waals surface area (Å²) in [6, 6.07) is 12.2. The van der Waals surface area contributed by atoms with E-state index in [9.17, 15) is 32.3 Å². The summed E-state index contributed by atoms with van der Waals surface area (Å²) < 4.78 is 54.4. The molecule has 0 aliphatic rings. The number of nitrogens with zero attached hydrogens (tertiary/aromatic N) is 1. The number of benzene rings is 3. The monoisotopic (exact) mass is 442 g/mol. The van der Waals surface area contributed by atoms with E-state index < -0.39 is 29.0 Å². The molecule has 1 aromatic heterocycles. The number of nitrogens with two attached hydrogens (primary N) is 1. The third-order valence-electron chi connectivity index (χ3n) is 5.02. The number of primary amides is 1. The van der Waals surface area contributed by atoms with Gasteiger partial charge >= 0.3 is 6.18 Å². The van der Waals surface area contributed by atoms with Crippen LogP contribution >= 0.6 is 0 Å². The van der Waals surface area contributed by atoms with Gasteiger partial charge in [0.2, 0.25) is 5.91 Å². The Morgan fingerprint density at radius 3 is 2.22 bits per heavy atom. The summed E-state index contributed by atoms with van der Waals surface area (Å²) in [5.74, 6) is -2.29. The zero-order valence-electron chi connectivity index (χ0n) is 16.2. The number of carbonyl (C=O) groups excluding carboxylic acids is 1. The third kappa shape index (κ3) is 3.68. The SMILES string of the molecule is NC(=O)c1ccc(-n2cc(-c3ccc(C(F)(F)F)c(F)c3)c3cc(O)ccc3c2=O)cc1. The van der Waals surface area contributed by atoms with Gasteiger partial charge < -0.3 is 10.8 Å². The maximum absolute atomic E-state index is 14.3. The molecular formula is C23H14F4N2O3. The Hall–Kier alpha value is -4.14. The molecule has 9 heteroatoms. The lowest BCUT2D eigenvalue weighted by molar-refractivity contribution is -0.139. The number of aromatic hydroxyl groups is 1. The number of phenolic OH excluding ortho intramolecular Hbond substituents is 1. The molecule has 1 amide bonds. The van der Waals surface area contributed by atoms with Crippen LogP contribution in [0.3, 0.4) is 0 Å². The highest BCUT2D eigenvalue weighted by molar-refractivity contribution is 5.97. The van der Waals surface area contributed by atoms with E-state index in [1.54, 1.807) is 0 Å². The topological polar surface area (TPSA) is 85.3 Å². The standard InChI is InChI=1S/C23H14F4N2O3/c24-20-9-13(3-8-19(20)23(25,26)27)18-11-29(14-4-1-12(2-5-14)21(28)31)22(32)16-7-6-15(30)10-17(16)18/h1-11,30H,(H2,28,31). The van der Waals surface area contributed by atoms with Crippen LogP contribution < -0.4 is 11.3 Å². The normalized spacial score (nSPS) is 11.6. The van der Waals surface area contributed by atoms with E-state index in [-0.39, 0.29) is 33.2 Å². The van der Waals surface area contributed by atoms with Gasteiger partial charge in [0, 0.05) is 33.8 Å². The van der Waals surface area contributed by atoms with Crippen LogP contribution in [0.1, 0.15) is 15.9 Å².